The lowest BCUT2D eigenvalue weighted by molar-refractivity contribution is -0.138. The predicted octanol–water partition coefficient (Wildman–Crippen LogP) is 2.45. The molecule has 0 aliphatic carbocycles. The van der Waals surface area contributed by atoms with Crippen LogP contribution < -0.4 is 16.0 Å². The topological polar surface area (TPSA) is 171 Å². The number of phenolic OH excluding ortho intramolecular Hbond substituents is 1. The van der Waals surface area contributed by atoms with E-state index in [0.717, 1.165) is 0 Å². The molecule has 216 valence electrons. The van der Waals surface area contributed by atoms with Crippen LogP contribution in [0.5, 0.6) is 5.75 Å². The van der Waals surface area contributed by atoms with Gasteiger partial charge in [0.25, 0.3) is 5.91 Å². The van der Waals surface area contributed by atoms with Crippen molar-refractivity contribution < 1.29 is 38.9 Å². The third-order valence-corrected chi connectivity index (χ3v) is 5.87. The first kappa shape index (κ1) is 33.1. The zero-order valence-corrected chi connectivity index (χ0v) is 23.4. The summed E-state index contributed by atoms with van der Waals surface area (Å²) < 4.78 is 4.88. The van der Waals surface area contributed by atoms with E-state index in [1.54, 1.807) is 27.7 Å². The number of ether oxygens (including phenoxy) is 1. The van der Waals surface area contributed by atoms with Crippen LogP contribution in [0.1, 0.15) is 69.8 Å². The molecular weight excluding hydrogens is 506 g/mol. The minimum absolute atomic E-state index is 0.0634. The van der Waals surface area contributed by atoms with Gasteiger partial charge in [-0.05, 0) is 50.7 Å². The Bertz CT molecular complexity index is 1050. The summed E-state index contributed by atoms with van der Waals surface area (Å²) in [5.74, 6) is -3.86. The highest BCUT2D eigenvalue weighted by Crippen LogP contribution is 2.20. The SMILES string of the molecule is CCOC(=O)/C=C/[C@H](CC(C)C)NC(=O)[C@H](CCC(=O)O)NC(=O)[C@@H](NC(=O)c1cccc(O)c1C)C(C)C. The standard InChI is InChI=1S/C28H41N3O8/c1-7-39-24(35)14-11-19(15-16(2)3)29-27(37)21(12-13-23(33)34)30-28(38)25(17(4)5)31-26(36)20-9-8-10-22(32)18(20)6/h8-11,14,16-17,19,21,25,32H,7,12-13,15H2,1-6H3,(H,29,37)(H,30,38)(H,31,36)(H,33,34)/b14-11+/t19-,21+,25+/m1/s1. The number of phenols is 1. The Morgan fingerprint density at radius 1 is 1.00 bits per heavy atom. The average Bonchev–Trinajstić information content (AvgIpc) is 2.84. The molecule has 0 fully saturated rings. The van der Waals surface area contributed by atoms with Crippen molar-refractivity contribution in [1.29, 1.82) is 0 Å². The lowest BCUT2D eigenvalue weighted by Gasteiger charge is -2.26. The molecule has 11 nitrogen and oxygen atoms in total. The van der Waals surface area contributed by atoms with Crippen molar-refractivity contribution in [3.05, 3.63) is 41.5 Å². The molecule has 0 bridgehead atoms. The summed E-state index contributed by atoms with van der Waals surface area (Å²) in [7, 11) is 0. The summed E-state index contributed by atoms with van der Waals surface area (Å²) >= 11 is 0. The van der Waals surface area contributed by atoms with Gasteiger partial charge >= 0.3 is 11.9 Å². The smallest absolute Gasteiger partial charge is 0.330 e. The zero-order chi connectivity index (χ0) is 29.7. The Labute approximate surface area is 229 Å². The predicted molar refractivity (Wildman–Crippen MR) is 145 cm³/mol. The number of esters is 1. The molecule has 5 N–H and O–H groups in total. The third-order valence-electron chi connectivity index (χ3n) is 5.87. The molecule has 39 heavy (non-hydrogen) atoms. The fourth-order valence-electron chi connectivity index (χ4n) is 3.78. The van der Waals surface area contributed by atoms with Crippen LogP contribution in [0.4, 0.5) is 0 Å². The minimum atomic E-state index is -1.21. The fourth-order valence-corrected chi connectivity index (χ4v) is 3.78. The van der Waals surface area contributed by atoms with Gasteiger partial charge in [-0.3, -0.25) is 19.2 Å². The van der Waals surface area contributed by atoms with Crippen molar-refractivity contribution in [2.75, 3.05) is 6.61 Å². The first-order chi connectivity index (χ1) is 18.3. The number of hydrogen-bond donors (Lipinski definition) is 5. The number of carboxylic acid groups (broad SMARTS) is 1. The quantitative estimate of drug-likeness (QED) is 0.165. The number of rotatable bonds is 15. The first-order valence-corrected chi connectivity index (χ1v) is 13.0. The molecule has 1 aromatic carbocycles. The first-order valence-electron chi connectivity index (χ1n) is 13.0. The van der Waals surface area contributed by atoms with E-state index >= 15 is 0 Å². The molecular formula is C28H41N3O8. The molecule has 11 heteroatoms. The van der Waals surface area contributed by atoms with E-state index in [0.29, 0.717) is 12.0 Å². The van der Waals surface area contributed by atoms with Gasteiger partial charge in [0, 0.05) is 29.7 Å². The molecule has 0 aromatic heterocycles. The summed E-state index contributed by atoms with van der Waals surface area (Å²) in [4.78, 5) is 62.3. The van der Waals surface area contributed by atoms with E-state index in [1.165, 1.54) is 30.4 Å². The molecule has 3 atom stereocenters. The van der Waals surface area contributed by atoms with Gasteiger partial charge in [-0.25, -0.2) is 4.79 Å². The van der Waals surface area contributed by atoms with Crippen molar-refractivity contribution in [1.82, 2.24) is 16.0 Å². The summed E-state index contributed by atoms with van der Waals surface area (Å²) in [6.07, 6.45) is 2.63. The van der Waals surface area contributed by atoms with Crippen LogP contribution in [-0.2, 0) is 23.9 Å². The van der Waals surface area contributed by atoms with E-state index in [1.807, 2.05) is 13.8 Å². The van der Waals surface area contributed by atoms with E-state index in [4.69, 9.17) is 4.74 Å². The molecule has 0 aliphatic rings. The second kappa shape index (κ2) is 16.2. The molecule has 0 spiro atoms. The van der Waals surface area contributed by atoms with Crippen LogP contribution in [0.3, 0.4) is 0 Å². The molecule has 0 radical (unpaired) electrons. The van der Waals surface area contributed by atoms with E-state index in [2.05, 4.69) is 16.0 Å². The van der Waals surface area contributed by atoms with Gasteiger partial charge < -0.3 is 30.9 Å². The largest absolute Gasteiger partial charge is 0.508 e. The van der Waals surface area contributed by atoms with E-state index in [9.17, 15) is 34.2 Å². The molecule has 1 aromatic rings. The Morgan fingerprint density at radius 3 is 2.23 bits per heavy atom. The van der Waals surface area contributed by atoms with Gasteiger partial charge in [-0.1, -0.05) is 39.8 Å². The number of carboxylic acids is 1. The van der Waals surface area contributed by atoms with Crippen LogP contribution >= 0.6 is 0 Å². The van der Waals surface area contributed by atoms with Crippen LogP contribution in [0.2, 0.25) is 0 Å². The average molecular weight is 548 g/mol. The highest BCUT2D eigenvalue weighted by Gasteiger charge is 2.30. The number of carbonyl (C=O) groups excluding carboxylic acids is 4. The molecule has 0 unspecified atom stereocenters. The molecule has 1 rings (SSSR count). The number of amides is 3. The number of carbonyl (C=O) groups is 5. The number of nitrogens with one attached hydrogen (secondary N) is 3. The van der Waals surface area contributed by atoms with Crippen molar-refractivity contribution in [3.8, 4) is 5.75 Å². The Hall–Kier alpha value is -3.89. The molecule has 3 amide bonds. The lowest BCUT2D eigenvalue weighted by atomic mass is 10.00. The summed E-state index contributed by atoms with van der Waals surface area (Å²) in [5.41, 5.74) is 0.544. The molecule has 0 saturated carbocycles. The third kappa shape index (κ3) is 11.6. The maximum atomic E-state index is 13.2. The Kier molecular flexibility index (Phi) is 13.7. The van der Waals surface area contributed by atoms with Crippen LogP contribution in [0, 0.1) is 18.8 Å². The maximum Gasteiger partial charge on any atom is 0.330 e. The van der Waals surface area contributed by atoms with Gasteiger partial charge in [0.15, 0.2) is 0 Å². The number of aromatic hydroxyl groups is 1. The highest BCUT2D eigenvalue weighted by molar-refractivity contribution is 6.00. The van der Waals surface area contributed by atoms with Crippen molar-refractivity contribution in [3.63, 3.8) is 0 Å². The van der Waals surface area contributed by atoms with Crippen molar-refractivity contribution in [2.45, 2.75) is 78.9 Å². The second-order valence-electron chi connectivity index (χ2n) is 9.99. The monoisotopic (exact) mass is 547 g/mol. The van der Waals surface area contributed by atoms with Crippen molar-refractivity contribution in [2.24, 2.45) is 11.8 Å². The van der Waals surface area contributed by atoms with E-state index in [-0.39, 0.29) is 42.6 Å². The zero-order valence-electron chi connectivity index (χ0n) is 23.4. The molecule has 0 saturated heterocycles. The van der Waals surface area contributed by atoms with Gasteiger partial charge in [-0.15, -0.1) is 0 Å². The molecule has 0 aliphatic heterocycles. The van der Waals surface area contributed by atoms with Crippen LogP contribution in [-0.4, -0.2) is 64.6 Å². The second-order valence-corrected chi connectivity index (χ2v) is 9.99. The number of benzene rings is 1. The maximum absolute atomic E-state index is 13.2. The number of hydrogen-bond acceptors (Lipinski definition) is 7. The van der Waals surface area contributed by atoms with Crippen molar-refractivity contribution >= 4 is 29.7 Å². The molecule has 0 heterocycles. The lowest BCUT2D eigenvalue weighted by Crippen LogP contribution is -2.56. The minimum Gasteiger partial charge on any atom is -0.508 e. The van der Waals surface area contributed by atoms with Gasteiger partial charge in [0.05, 0.1) is 6.61 Å². The normalized spacial score (nSPS) is 13.5. The van der Waals surface area contributed by atoms with Crippen LogP contribution in [0.25, 0.3) is 0 Å². The Balaban J connectivity index is 3.11. The van der Waals surface area contributed by atoms with Crippen LogP contribution in [0.15, 0.2) is 30.4 Å². The Morgan fingerprint density at radius 2 is 1.67 bits per heavy atom. The van der Waals surface area contributed by atoms with Gasteiger partial charge in [0.1, 0.15) is 17.8 Å². The summed E-state index contributed by atoms with van der Waals surface area (Å²) in [5, 5.41) is 27.1. The number of aliphatic carboxylic acids is 1. The fraction of sp³-hybridized carbons (Fsp3) is 0.536. The van der Waals surface area contributed by atoms with E-state index < -0.39 is 47.8 Å². The van der Waals surface area contributed by atoms with Gasteiger partial charge in [-0.2, -0.15) is 0 Å². The summed E-state index contributed by atoms with van der Waals surface area (Å²) in [6.45, 7) is 10.7. The van der Waals surface area contributed by atoms with Gasteiger partial charge in [0.2, 0.25) is 11.8 Å². The summed E-state index contributed by atoms with van der Waals surface area (Å²) in [6, 6.07) is 1.65. The highest BCUT2D eigenvalue weighted by atomic mass is 16.5.